The van der Waals surface area contributed by atoms with Crippen molar-refractivity contribution in [3.05, 3.63) is 75.8 Å². The van der Waals surface area contributed by atoms with E-state index in [2.05, 4.69) is 5.32 Å². The van der Waals surface area contributed by atoms with Gasteiger partial charge >= 0.3 is 5.97 Å². The number of hydrogen-bond acceptors (Lipinski definition) is 7. The number of phenolic OH excluding ortho intramolecular Hbond substituents is 1. The molecule has 0 heterocycles. The summed E-state index contributed by atoms with van der Waals surface area (Å²) in [4.78, 5) is 43.5. The number of esters is 1. The van der Waals surface area contributed by atoms with Crippen LogP contribution in [0.15, 0.2) is 54.6 Å². The Morgan fingerprint density at radius 2 is 1.75 bits per heavy atom. The fourth-order valence-electron chi connectivity index (χ4n) is 2.71. The molecular formula is C22H20N2O8. The number of carboxylic acid groups (broad SMARTS) is 1. The quantitative estimate of drug-likeness (QED) is 0.306. The minimum absolute atomic E-state index is 0.132. The fraction of sp³-hybridized carbons (Fsp3) is 0.136. The van der Waals surface area contributed by atoms with Gasteiger partial charge < -0.3 is 20.3 Å². The Morgan fingerprint density at radius 1 is 1.06 bits per heavy atom. The summed E-state index contributed by atoms with van der Waals surface area (Å²) in [6.07, 6.45) is 0. The summed E-state index contributed by atoms with van der Waals surface area (Å²) in [5, 5.41) is 32.2. The van der Waals surface area contributed by atoms with Crippen LogP contribution >= 0.6 is 0 Å². The van der Waals surface area contributed by atoms with Crippen LogP contribution in [-0.4, -0.2) is 39.6 Å². The number of rotatable bonds is 5. The van der Waals surface area contributed by atoms with Gasteiger partial charge in [-0.05, 0) is 42.6 Å². The van der Waals surface area contributed by atoms with Gasteiger partial charge in [-0.1, -0.05) is 12.1 Å². The van der Waals surface area contributed by atoms with Gasteiger partial charge in [0.2, 0.25) is 0 Å². The highest BCUT2D eigenvalue weighted by Crippen LogP contribution is 2.30. The standard InChI is InChI=1S/C20H16N2O6.C2H4O2/c1-2-28-20(25)14-8-12-6-7-15(11-17(12)18(23)10-14)21-19(24)13-4-3-5-16(9-13)22(26)27;1-2(3)4/h3-11,23H,2H2,1H3,(H,21,24);1H3,(H,3,4). The number of carboxylic acids is 1. The smallest absolute Gasteiger partial charge is 0.338 e. The number of ether oxygens (including phenoxy) is 1. The number of nitrogens with zero attached hydrogens (tertiary/aromatic N) is 1. The van der Waals surface area contributed by atoms with Crippen molar-refractivity contribution in [2.24, 2.45) is 0 Å². The lowest BCUT2D eigenvalue weighted by molar-refractivity contribution is -0.384. The average Bonchev–Trinajstić information content (AvgIpc) is 2.74. The molecule has 0 spiro atoms. The minimum atomic E-state index is -0.833. The topological polar surface area (TPSA) is 156 Å². The average molecular weight is 440 g/mol. The number of carbonyl (C=O) groups excluding carboxylic acids is 2. The number of non-ortho nitro benzene ring substituents is 1. The normalized spacial score (nSPS) is 9.94. The van der Waals surface area contributed by atoms with E-state index in [-0.39, 0.29) is 29.2 Å². The van der Waals surface area contributed by atoms with Crippen LogP contribution in [0, 0.1) is 10.1 Å². The van der Waals surface area contributed by atoms with Crippen molar-refractivity contribution in [3.8, 4) is 5.75 Å². The second-order valence-electron chi connectivity index (χ2n) is 6.43. The van der Waals surface area contributed by atoms with Gasteiger partial charge in [-0.3, -0.25) is 19.7 Å². The molecule has 3 aromatic carbocycles. The molecule has 3 aromatic rings. The van der Waals surface area contributed by atoms with Crippen molar-refractivity contribution < 1.29 is 34.3 Å². The second kappa shape index (κ2) is 10.5. The van der Waals surface area contributed by atoms with Crippen molar-refractivity contribution in [1.29, 1.82) is 0 Å². The van der Waals surface area contributed by atoms with E-state index in [9.17, 15) is 24.8 Å². The maximum atomic E-state index is 12.4. The molecule has 0 fully saturated rings. The van der Waals surface area contributed by atoms with Crippen LogP contribution in [0.1, 0.15) is 34.6 Å². The molecule has 0 saturated heterocycles. The number of phenols is 1. The van der Waals surface area contributed by atoms with Crippen LogP contribution < -0.4 is 5.32 Å². The lowest BCUT2D eigenvalue weighted by Gasteiger charge is -2.09. The van der Waals surface area contributed by atoms with E-state index in [1.807, 2.05) is 0 Å². The summed E-state index contributed by atoms with van der Waals surface area (Å²) < 4.78 is 4.93. The molecule has 0 saturated carbocycles. The van der Waals surface area contributed by atoms with Gasteiger partial charge in [-0.2, -0.15) is 0 Å². The van der Waals surface area contributed by atoms with E-state index >= 15 is 0 Å². The Kier molecular flexibility index (Phi) is 7.83. The number of benzene rings is 3. The maximum absolute atomic E-state index is 12.4. The number of aliphatic carboxylic acids is 1. The number of nitro groups is 1. The molecule has 0 aromatic heterocycles. The highest BCUT2D eigenvalue weighted by Gasteiger charge is 2.14. The molecule has 1 amide bonds. The monoisotopic (exact) mass is 440 g/mol. The first-order chi connectivity index (χ1) is 15.1. The van der Waals surface area contributed by atoms with Gasteiger partial charge in [0.15, 0.2) is 0 Å². The van der Waals surface area contributed by atoms with Crippen LogP contribution in [0.25, 0.3) is 10.8 Å². The van der Waals surface area contributed by atoms with Gasteiger partial charge in [0.05, 0.1) is 17.1 Å². The van der Waals surface area contributed by atoms with Crippen molar-refractivity contribution >= 4 is 40.0 Å². The molecule has 3 rings (SSSR count). The summed E-state index contributed by atoms with van der Waals surface area (Å²) in [5.74, 6) is -2.03. The lowest BCUT2D eigenvalue weighted by Crippen LogP contribution is -2.12. The number of aromatic hydroxyl groups is 1. The van der Waals surface area contributed by atoms with Gasteiger partial charge in [0.1, 0.15) is 5.75 Å². The lowest BCUT2D eigenvalue weighted by atomic mass is 10.0. The first-order valence-electron chi connectivity index (χ1n) is 9.31. The molecule has 32 heavy (non-hydrogen) atoms. The summed E-state index contributed by atoms with van der Waals surface area (Å²) >= 11 is 0. The SMILES string of the molecule is CC(=O)O.CCOC(=O)c1cc(O)c2cc(NC(=O)c3cccc([N+](=O)[O-])c3)ccc2c1. The van der Waals surface area contributed by atoms with E-state index < -0.39 is 22.8 Å². The Balaban J connectivity index is 0.000000837. The molecule has 0 aliphatic carbocycles. The molecule has 0 atom stereocenters. The van der Waals surface area contributed by atoms with E-state index in [1.165, 1.54) is 30.3 Å². The van der Waals surface area contributed by atoms with Crippen LogP contribution in [0.4, 0.5) is 11.4 Å². The maximum Gasteiger partial charge on any atom is 0.338 e. The number of anilines is 1. The molecular weight excluding hydrogens is 420 g/mol. The van der Waals surface area contributed by atoms with Crippen molar-refractivity contribution in [2.75, 3.05) is 11.9 Å². The molecule has 10 nitrogen and oxygen atoms in total. The van der Waals surface area contributed by atoms with Crippen molar-refractivity contribution in [1.82, 2.24) is 0 Å². The molecule has 0 radical (unpaired) electrons. The Labute approximate surface area is 182 Å². The molecule has 0 aliphatic heterocycles. The molecule has 10 heteroatoms. The molecule has 3 N–H and O–H groups in total. The largest absolute Gasteiger partial charge is 0.507 e. The highest BCUT2D eigenvalue weighted by atomic mass is 16.6. The number of fused-ring (bicyclic) bond motifs is 1. The predicted molar refractivity (Wildman–Crippen MR) is 116 cm³/mol. The zero-order valence-corrected chi connectivity index (χ0v) is 17.2. The van der Waals surface area contributed by atoms with E-state index in [0.717, 1.165) is 6.92 Å². The highest BCUT2D eigenvalue weighted by molar-refractivity contribution is 6.06. The van der Waals surface area contributed by atoms with Crippen LogP contribution in [0.2, 0.25) is 0 Å². The van der Waals surface area contributed by atoms with E-state index in [0.29, 0.717) is 16.5 Å². The third kappa shape index (κ3) is 6.26. The van der Waals surface area contributed by atoms with Gasteiger partial charge in [0, 0.05) is 35.7 Å². The fourth-order valence-corrected chi connectivity index (χ4v) is 2.71. The summed E-state index contributed by atoms with van der Waals surface area (Å²) in [7, 11) is 0. The molecule has 166 valence electrons. The first-order valence-corrected chi connectivity index (χ1v) is 9.31. The number of hydrogen-bond donors (Lipinski definition) is 3. The number of carbonyl (C=O) groups is 3. The van der Waals surface area contributed by atoms with Crippen molar-refractivity contribution in [2.45, 2.75) is 13.8 Å². The van der Waals surface area contributed by atoms with Crippen LogP contribution in [-0.2, 0) is 9.53 Å². The van der Waals surface area contributed by atoms with Gasteiger partial charge in [-0.15, -0.1) is 0 Å². The minimum Gasteiger partial charge on any atom is -0.507 e. The third-order valence-electron chi connectivity index (χ3n) is 4.02. The zero-order valence-electron chi connectivity index (χ0n) is 17.2. The summed E-state index contributed by atoms with van der Waals surface area (Å²) in [5.41, 5.74) is 0.565. The summed E-state index contributed by atoms with van der Waals surface area (Å²) in [6.45, 7) is 3.00. The van der Waals surface area contributed by atoms with E-state index in [1.54, 1.807) is 31.2 Å². The third-order valence-corrected chi connectivity index (χ3v) is 4.02. The van der Waals surface area contributed by atoms with Crippen molar-refractivity contribution in [3.63, 3.8) is 0 Å². The second-order valence-corrected chi connectivity index (χ2v) is 6.43. The Bertz CT molecular complexity index is 1190. The van der Waals surface area contributed by atoms with Crippen LogP contribution in [0.5, 0.6) is 5.75 Å². The van der Waals surface area contributed by atoms with Gasteiger partial charge in [-0.25, -0.2) is 4.79 Å². The molecule has 0 bridgehead atoms. The van der Waals surface area contributed by atoms with Gasteiger partial charge in [0.25, 0.3) is 17.6 Å². The van der Waals surface area contributed by atoms with Crippen LogP contribution in [0.3, 0.4) is 0 Å². The predicted octanol–water partition coefficient (Wildman–Crippen LogP) is 3.97. The number of nitro benzene ring substituents is 1. The molecule has 0 unspecified atom stereocenters. The Morgan fingerprint density at radius 3 is 2.38 bits per heavy atom. The first kappa shape index (κ1) is 23.8. The summed E-state index contributed by atoms with van der Waals surface area (Å²) in [6, 6.07) is 13.0. The zero-order chi connectivity index (χ0) is 23.8. The Hall–Kier alpha value is -4.47. The number of nitrogens with one attached hydrogen (secondary N) is 1. The molecule has 0 aliphatic rings. The number of amides is 1. The van der Waals surface area contributed by atoms with E-state index in [4.69, 9.17) is 14.6 Å².